The number of ether oxygens (including phenoxy) is 1. The standard InChI is InChI=1S/C16H22FN3O4S/c17-13-3-1-4-14(11-13)18-16(21)19-6-2-5-15(12-19)25(22,23)20-7-9-24-10-8-20/h1,3-4,11,15H,2,5-10,12H2,(H,18,21). The topological polar surface area (TPSA) is 79.0 Å². The number of hydrogen-bond donors (Lipinski definition) is 1. The molecule has 0 aromatic heterocycles. The van der Waals surface area contributed by atoms with Crippen LogP contribution in [0.1, 0.15) is 12.8 Å². The summed E-state index contributed by atoms with van der Waals surface area (Å²) in [5.74, 6) is -0.441. The van der Waals surface area contributed by atoms with Gasteiger partial charge < -0.3 is 15.0 Å². The lowest BCUT2D eigenvalue weighted by molar-refractivity contribution is 0.0721. The number of hydrogen-bond acceptors (Lipinski definition) is 4. The molecule has 138 valence electrons. The zero-order valence-corrected chi connectivity index (χ0v) is 14.7. The lowest BCUT2D eigenvalue weighted by Crippen LogP contribution is -2.52. The fourth-order valence-corrected chi connectivity index (χ4v) is 5.06. The smallest absolute Gasteiger partial charge is 0.321 e. The van der Waals surface area contributed by atoms with E-state index < -0.39 is 27.1 Å². The van der Waals surface area contributed by atoms with E-state index in [0.717, 1.165) is 0 Å². The molecule has 2 fully saturated rings. The third-order valence-corrected chi connectivity index (χ3v) is 6.80. The molecule has 0 radical (unpaired) electrons. The van der Waals surface area contributed by atoms with Crippen LogP contribution in [0.15, 0.2) is 24.3 Å². The molecule has 0 saturated carbocycles. The van der Waals surface area contributed by atoms with Crippen molar-refractivity contribution in [3.63, 3.8) is 0 Å². The summed E-state index contributed by atoms with van der Waals surface area (Å²) in [5.41, 5.74) is 0.350. The molecule has 2 aliphatic heterocycles. The van der Waals surface area contributed by atoms with Gasteiger partial charge in [-0.25, -0.2) is 17.6 Å². The van der Waals surface area contributed by atoms with E-state index in [1.54, 1.807) is 6.07 Å². The summed E-state index contributed by atoms with van der Waals surface area (Å²) in [6, 6.07) is 5.21. The Morgan fingerprint density at radius 1 is 1.24 bits per heavy atom. The molecule has 2 saturated heterocycles. The number of anilines is 1. The van der Waals surface area contributed by atoms with Gasteiger partial charge in [-0.05, 0) is 31.0 Å². The molecular weight excluding hydrogens is 349 g/mol. The maximum atomic E-state index is 13.2. The second kappa shape index (κ2) is 7.67. The number of benzene rings is 1. The quantitative estimate of drug-likeness (QED) is 0.873. The van der Waals surface area contributed by atoms with Crippen molar-refractivity contribution in [3.8, 4) is 0 Å². The number of carbonyl (C=O) groups excluding carboxylic acids is 1. The summed E-state index contributed by atoms with van der Waals surface area (Å²) in [7, 11) is -3.46. The Labute approximate surface area is 146 Å². The lowest BCUT2D eigenvalue weighted by atomic mass is 10.1. The van der Waals surface area contributed by atoms with E-state index in [4.69, 9.17) is 4.74 Å². The number of urea groups is 1. The molecule has 1 atom stereocenters. The highest BCUT2D eigenvalue weighted by Gasteiger charge is 2.37. The Morgan fingerprint density at radius 2 is 2.00 bits per heavy atom. The largest absolute Gasteiger partial charge is 0.379 e. The molecule has 1 N–H and O–H groups in total. The third kappa shape index (κ3) is 4.28. The molecule has 25 heavy (non-hydrogen) atoms. The molecule has 0 spiro atoms. The van der Waals surface area contributed by atoms with Gasteiger partial charge in [0.2, 0.25) is 10.0 Å². The minimum Gasteiger partial charge on any atom is -0.379 e. The van der Waals surface area contributed by atoms with Crippen molar-refractivity contribution < 1.29 is 22.3 Å². The lowest BCUT2D eigenvalue weighted by Gasteiger charge is -2.36. The first-order chi connectivity index (χ1) is 12.0. The number of rotatable bonds is 3. The number of piperidine rings is 1. The predicted octanol–water partition coefficient (Wildman–Crippen LogP) is 1.48. The Bertz CT molecular complexity index is 722. The molecule has 1 unspecified atom stereocenters. The maximum Gasteiger partial charge on any atom is 0.321 e. The average Bonchev–Trinajstić information content (AvgIpc) is 2.62. The van der Waals surface area contributed by atoms with Gasteiger partial charge in [0.25, 0.3) is 0 Å². The number of nitrogens with zero attached hydrogens (tertiary/aromatic N) is 2. The fourth-order valence-electron chi connectivity index (χ4n) is 3.15. The van der Waals surface area contributed by atoms with Crippen LogP contribution in [0, 0.1) is 5.82 Å². The second-order valence-electron chi connectivity index (χ2n) is 6.21. The summed E-state index contributed by atoms with van der Waals surface area (Å²) >= 11 is 0. The first kappa shape index (κ1) is 18.1. The summed E-state index contributed by atoms with van der Waals surface area (Å²) in [5, 5.41) is 2.01. The molecule has 2 heterocycles. The van der Waals surface area contributed by atoms with Crippen molar-refractivity contribution in [2.45, 2.75) is 18.1 Å². The minimum atomic E-state index is -3.46. The highest BCUT2D eigenvalue weighted by atomic mass is 32.2. The fraction of sp³-hybridized carbons (Fsp3) is 0.562. The van der Waals surface area contributed by atoms with E-state index in [0.29, 0.717) is 51.4 Å². The SMILES string of the molecule is O=C(Nc1cccc(F)c1)N1CCCC(S(=O)(=O)N2CCOCC2)C1. The van der Waals surface area contributed by atoms with Crippen LogP contribution in [-0.2, 0) is 14.8 Å². The van der Waals surface area contributed by atoms with E-state index >= 15 is 0 Å². The van der Waals surface area contributed by atoms with Crippen molar-refractivity contribution in [3.05, 3.63) is 30.1 Å². The molecule has 9 heteroatoms. The first-order valence-corrected chi connectivity index (χ1v) is 9.85. The number of sulfonamides is 1. The monoisotopic (exact) mass is 371 g/mol. The van der Waals surface area contributed by atoms with Crippen molar-refractivity contribution in [1.82, 2.24) is 9.21 Å². The zero-order valence-electron chi connectivity index (χ0n) is 13.9. The summed E-state index contributed by atoms with van der Waals surface area (Å²) in [6.07, 6.45) is 1.15. The van der Waals surface area contributed by atoms with Gasteiger partial charge in [-0.15, -0.1) is 0 Å². The number of halogens is 1. The molecular formula is C16H22FN3O4S. The van der Waals surface area contributed by atoms with E-state index in [2.05, 4.69) is 5.32 Å². The predicted molar refractivity (Wildman–Crippen MR) is 91.3 cm³/mol. The first-order valence-electron chi connectivity index (χ1n) is 8.35. The number of morpholine rings is 1. The number of amides is 2. The van der Waals surface area contributed by atoms with E-state index in [1.165, 1.54) is 27.4 Å². The Balaban J connectivity index is 1.65. The van der Waals surface area contributed by atoms with Crippen LogP contribution >= 0.6 is 0 Å². The van der Waals surface area contributed by atoms with Gasteiger partial charge in [0, 0.05) is 31.9 Å². The molecule has 3 rings (SSSR count). The van der Waals surface area contributed by atoms with Gasteiger partial charge in [0.05, 0.1) is 18.5 Å². The van der Waals surface area contributed by atoms with Crippen molar-refractivity contribution >= 4 is 21.7 Å². The van der Waals surface area contributed by atoms with Gasteiger partial charge in [-0.3, -0.25) is 0 Å². The average molecular weight is 371 g/mol. The van der Waals surface area contributed by atoms with Gasteiger partial charge in [-0.2, -0.15) is 4.31 Å². The van der Waals surface area contributed by atoms with Gasteiger partial charge >= 0.3 is 6.03 Å². The van der Waals surface area contributed by atoms with E-state index in [1.807, 2.05) is 0 Å². The normalized spacial score (nSPS) is 22.6. The summed E-state index contributed by atoms with van der Waals surface area (Å²) in [6.45, 7) is 2.13. The number of nitrogens with one attached hydrogen (secondary N) is 1. The highest BCUT2D eigenvalue weighted by molar-refractivity contribution is 7.89. The Kier molecular flexibility index (Phi) is 5.55. The van der Waals surface area contributed by atoms with Crippen LogP contribution in [0.3, 0.4) is 0 Å². The molecule has 2 amide bonds. The molecule has 7 nitrogen and oxygen atoms in total. The van der Waals surface area contributed by atoms with E-state index in [9.17, 15) is 17.6 Å². The summed E-state index contributed by atoms with van der Waals surface area (Å²) < 4.78 is 45.4. The Morgan fingerprint density at radius 3 is 2.72 bits per heavy atom. The van der Waals surface area contributed by atoms with Crippen LogP contribution in [0.5, 0.6) is 0 Å². The number of likely N-dealkylation sites (tertiary alicyclic amines) is 1. The molecule has 0 aliphatic carbocycles. The van der Waals surface area contributed by atoms with Crippen molar-refractivity contribution in [1.29, 1.82) is 0 Å². The molecule has 1 aromatic carbocycles. The van der Waals surface area contributed by atoms with Crippen molar-refractivity contribution in [2.75, 3.05) is 44.7 Å². The van der Waals surface area contributed by atoms with Crippen LogP contribution in [0.25, 0.3) is 0 Å². The third-order valence-electron chi connectivity index (χ3n) is 4.49. The molecule has 1 aromatic rings. The van der Waals surface area contributed by atoms with Crippen LogP contribution in [0.2, 0.25) is 0 Å². The van der Waals surface area contributed by atoms with Crippen LogP contribution < -0.4 is 5.32 Å². The maximum absolute atomic E-state index is 13.2. The van der Waals surface area contributed by atoms with Gasteiger partial charge in [0.1, 0.15) is 5.82 Å². The zero-order chi connectivity index (χ0) is 17.9. The molecule has 2 aliphatic rings. The second-order valence-corrected chi connectivity index (χ2v) is 8.42. The van der Waals surface area contributed by atoms with Crippen molar-refractivity contribution in [2.24, 2.45) is 0 Å². The molecule has 0 bridgehead atoms. The van der Waals surface area contributed by atoms with Gasteiger partial charge in [0.15, 0.2) is 0 Å². The van der Waals surface area contributed by atoms with E-state index in [-0.39, 0.29) is 6.54 Å². The Hall–Kier alpha value is -1.71. The van der Waals surface area contributed by atoms with Crippen LogP contribution in [-0.4, -0.2) is 68.3 Å². The summed E-state index contributed by atoms with van der Waals surface area (Å²) in [4.78, 5) is 13.9. The number of carbonyl (C=O) groups is 1. The highest BCUT2D eigenvalue weighted by Crippen LogP contribution is 2.22. The minimum absolute atomic E-state index is 0.140. The van der Waals surface area contributed by atoms with Gasteiger partial charge in [-0.1, -0.05) is 6.07 Å². The van der Waals surface area contributed by atoms with Crippen LogP contribution in [0.4, 0.5) is 14.9 Å².